The Morgan fingerprint density at radius 1 is 1.29 bits per heavy atom. The van der Waals surface area contributed by atoms with E-state index in [2.05, 4.69) is 26.0 Å². The molecule has 24 heavy (non-hydrogen) atoms. The van der Waals surface area contributed by atoms with Crippen LogP contribution in [0.3, 0.4) is 0 Å². The second-order valence-electron chi connectivity index (χ2n) is 5.52. The third-order valence-corrected chi connectivity index (χ3v) is 3.88. The molecule has 1 N–H and O–H groups in total. The Bertz CT molecular complexity index is 778. The second-order valence-corrected chi connectivity index (χ2v) is 5.52. The summed E-state index contributed by atoms with van der Waals surface area (Å²) in [4.78, 5) is 12.7. The van der Waals surface area contributed by atoms with Crippen molar-refractivity contribution in [3.05, 3.63) is 59.2 Å². The van der Waals surface area contributed by atoms with Gasteiger partial charge < -0.3 is 9.84 Å². The van der Waals surface area contributed by atoms with Gasteiger partial charge in [0.15, 0.2) is 0 Å². The summed E-state index contributed by atoms with van der Waals surface area (Å²) in [5.41, 5.74) is 2.69. The van der Waals surface area contributed by atoms with Gasteiger partial charge in [0.1, 0.15) is 18.1 Å². The Morgan fingerprint density at radius 3 is 2.71 bits per heavy atom. The second kappa shape index (κ2) is 7.03. The molecule has 0 fully saturated rings. The van der Waals surface area contributed by atoms with Gasteiger partial charge in [-0.1, -0.05) is 35.5 Å². The number of tetrazole rings is 1. The molecule has 2 aromatic heterocycles. The highest BCUT2D eigenvalue weighted by atomic mass is 16.5. The van der Waals surface area contributed by atoms with Crippen molar-refractivity contribution in [1.82, 2.24) is 30.7 Å². The number of amides is 1. The molecule has 0 aliphatic heterocycles. The average molecular weight is 326 g/mol. The van der Waals surface area contributed by atoms with Crippen LogP contribution in [0.5, 0.6) is 0 Å². The number of rotatable bonds is 6. The predicted octanol–water partition coefficient (Wildman–Crippen LogP) is 1.38. The monoisotopic (exact) mass is 326 g/mol. The van der Waals surface area contributed by atoms with Crippen molar-refractivity contribution >= 4 is 5.91 Å². The molecule has 0 saturated heterocycles. The average Bonchev–Trinajstić information content (AvgIpc) is 3.22. The lowest BCUT2D eigenvalue weighted by Crippen LogP contribution is -2.34. The van der Waals surface area contributed by atoms with Crippen molar-refractivity contribution in [2.24, 2.45) is 0 Å². The fourth-order valence-corrected chi connectivity index (χ4v) is 2.50. The fraction of sp³-hybridized carbons (Fsp3) is 0.312. The molecule has 0 aliphatic rings. The third-order valence-electron chi connectivity index (χ3n) is 3.88. The third kappa shape index (κ3) is 3.48. The van der Waals surface area contributed by atoms with Crippen molar-refractivity contribution in [3.8, 4) is 0 Å². The van der Waals surface area contributed by atoms with Gasteiger partial charge in [0.2, 0.25) is 5.91 Å². The van der Waals surface area contributed by atoms with E-state index < -0.39 is 6.04 Å². The molecule has 1 atom stereocenters. The zero-order chi connectivity index (χ0) is 16.9. The first kappa shape index (κ1) is 15.9. The van der Waals surface area contributed by atoms with Crippen LogP contribution in [0.25, 0.3) is 0 Å². The van der Waals surface area contributed by atoms with Crippen LogP contribution in [0, 0.1) is 13.8 Å². The van der Waals surface area contributed by atoms with Crippen molar-refractivity contribution in [2.75, 3.05) is 0 Å². The SMILES string of the molecule is Cc1noc(C)c1CNC(=O)[C@@H](Cc1ccccc1)n1cnnn1. The lowest BCUT2D eigenvalue weighted by atomic mass is 10.1. The molecule has 2 heterocycles. The highest BCUT2D eigenvalue weighted by Crippen LogP contribution is 2.15. The molecule has 1 amide bonds. The van der Waals surface area contributed by atoms with E-state index in [4.69, 9.17) is 4.52 Å². The van der Waals surface area contributed by atoms with Gasteiger partial charge in [0.05, 0.1) is 5.69 Å². The summed E-state index contributed by atoms with van der Waals surface area (Å²) in [7, 11) is 0. The summed E-state index contributed by atoms with van der Waals surface area (Å²) >= 11 is 0. The van der Waals surface area contributed by atoms with Gasteiger partial charge in [0, 0.05) is 18.5 Å². The van der Waals surface area contributed by atoms with Crippen LogP contribution in [0.1, 0.15) is 28.6 Å². The lowest BCUT2D eigenvalue weighted by molar-refractivity contribution is -0.124. The molecule has 0 spiro atoms. The number of benzene rings is 1. The van der Waals surface area contributed by atoms with Crippen LogP contribution in [0.4, 0.5) is 0 Å². The smallest absolute Gasteiger partial charge is 0.245 e. The summed E-state index contributed by atoms with van der Waals surface area (Å²) in [6.07, 6.45) is 1.95. The quantitative estimate of drug-likeness (QED) is 0.735. The molecular weight excluding hydrogens is 308 g/mol. The number of carbonyl (C=O) groups excluding carboxylic acids is 1. The largest absolute Gasteiger partial charge is 0.361 e. The normalized spacial score (nSPS) is 12.1. The van der Waals surface area contributed by atoms with E-state index >= 15 is 0 Å². The van der Waals surface area contributed by atoms with Crippen LogP contribution in [0.2, 0.25) is 0 Å². The van der Waals surface area contributed by atoms with Crippen LogP contribution >= 0.6 is 0 Å². The van der Waals surface area contributed by atoms with Gasteiger partial charge >= 0.3 is 0 Å². The molecule has 0 saturated carbocycles. The maximum atomic E-state index is 12.7. The van der Waals surface area contributed by atoms with Crippen LogP contribution in [-0.4, -0.2) is 31.3 Å². The van der Waals surface area contributed by atoms with E-state index in [1.54, 1.807) is 0 Å². The maximum absolute atomic E-state index is 12.7. The van der Waals surface area contributed by atoms with Crippen molar-refractivity contribution in [2.45, 2.75) is 32.9 Å². The number of aromatic nitrogens is 5. The summed E-state index contributed by atoms with van der Waals surface area (Å²) < 4.78 is 6.59. The molecule has 8 heteroatoms. The Kier molecular flexibility index (Phi) is 4.64. The molecule has 124 valence electrons. The first-order chi connectivity index (χ1) is 11.6. The number of nitrogens with one attached hydrogen (secondary N) is 1. The van der Waals surface area contributed by atoms with Crippen molar-refractivity contribution in [1.29, 1.82) is 0 Å². The summed E-state index contributed by atoms with van der Waals surface area (Å²) in [5.74, 6) is 0.543. The van der Waals surface area contributed by atoms with Crippen LogP contribution < -0.4 is 5.32 Å². The topological polar surface area (TPSA) is 98.7 Å². The van der Waals surface area contributed by atoms with Gasteiger partial charge in [0.25, 0.3) is 0 Å². The Labute approximate surface area is 138 Å². The van der Waals surface area contributed by atoms with Crippen LogP contribution in [0.15, 0.2) is 41.2 Å². The van der Waals surface area contributed by atoms with Gasteiger partial charge in [-0.25, -0.2) is 4.68 Å². The summed E-state index contributed by atoms with van der Waals surface area (Å²) in [5, 5.41) is 18.0. The lowest BCUT2D eigenvalue weighted by Gasteiger charge is -2.16. The summed E-state index contributed by atoms with van der Waals surface area (Å²) in [6, 6.07) is 9.23. The minimum absolute atomic E-state index is 0.161. The van der Waals surface area contributed by atoms with Gasteiger partial charge in [-0.3, -0.25) is 4.79 Å². The van der Waals surface area contributed by atoms with E-state index in [1.807, 2.05) is 44.2 Å². The first-order valence-corrected chi connectivity index (χ1v) is 7.61. The van der Waals surface area contributed by atoms with Crippen molar-refractivity contribution in [3.63, 3.8) is 0 Å². The van der Waals surface area contributed by atoms with E-state index in [0.29, 0.717) is 18.7 Å². The first-order valence-electron chi connectivity index (χ1n) is 7.61. The molecule has 3 aromatic rings. The standard InChI is InChI=1S/C16H18N6O2/c1-11-14(12(2)24-19-11)9-17-16(23)15(22-10-18-20-21-22)8-13-6-4-3-5-7-13/h3-7,10,15H,8-9H2,1-2H3,(H,17,23)/t15-/m1/s1. The van der Waals surface area contributed by atoms with E-state index in [0.717, 1.165) is 16.8 Å². The summed E-state index contributed by atoms with van der Waals surface area (Å²) in [6.45, 7) is 4.03. The number of hydrogen-bond acceptors (Lipinski definition) is 6. The number of carbonyl (C=O) groups is 1. The van der Waals surface area contributed by atoms with Crippen molar-refractivity contribution < 1.29 is 9.32 Å². The van der Waals surface area contributed by atoms with Gasteiger partial charge in [-0.15, -0.1) is 5.10 Å². The molecule has 0 aliphatic carbocycles. The maximum Gasteiger partial charge on any atom is 0.245 e. The zero-order valence-corrected chi connectivity index (χ0v) is 13.5. The molecule has 1 aromatic carbocycles. The Balaban J connectivity index is 1.74. The van der Waals surface area contributed by atoms with Gasteiger partial charge in [-0.05, 0) is 29.8 Å². The zero-order valence-electron chi connectivity index (χ0n) is 13.5. The molecular formula is C16H18N6O2. The van der Waals surface area contributed by atoms with E-state index in [9.17, 15) is 4.79 Å². The fourth-order valence-electron chi connectivity index (χ4n) is 2.50. The Morgan fingerprint density at radius 2 is 2.08 bits per heavy atom. The molecule has 8 nitrogen and oxygen atoms in total. The molecule has 3 rings (SSSR count). The van der Waals surface area contributed by atoms with Crippen LogP contribution in [-0.2, 0) is 17.8 Å². The highest BCUT2D eigenvalue weighted by Gasteiger charge is 2.23. The number of aryl methyl sites for hydroxylation is 2. The minimum Gasteiger partial charge on any atom is -0.361 e. The number of hydrogen-bond donors (Lipinski definition) is 1. The predicted molar refractivity (Wildman–Crippen MR) is 84.8 cm³/mol. The van der Waals surface area contributed by atoms with E-state index in [1.165, 1.54) is 11.0 Å². The molecule has 0 bridgehead atoms. The molecule has 0 radical (unpaired) electrons. The number of nitrogens with zero attached hydrogens (tertiary/aromatic N) is 5. The Hall–Kier alpha value is -3.03. The minimum atomic E-state index is -0.525. The van der Waals surface area contributed by atoms with E-state index in [-0.39, 0.29) is 5.91 Å². The highest BCUT2D eigenvalue weighted by molar-refractivity contribution is 5.80. The van der Waals surface area contributed by atoms with Gasteiger partial charge in [-0.2, -0.15) is 0 Å². The molecule has 0 unspecified atom stereocenters.